The standard InChI is InChI=1S/C26H22N2O4/c1-31-23-13-11-20(12-14-23)16-22(17-27)26(30)32-18-25(29)28-24-10-6-5-9-21(24)15-19-7-3-2-4-8-19/h2-14,16H,15,18H2,1H3,(H,28,29)/b22-16+. The molecule has 6 heteroatoms. The number of para-hydroxylation sites is 1. The highest BCUT2D eigenvalue weighted by molar-refractivity contribution is 6.00. The van der Waals surface area contributed by atoms with E-state index < -0.39 is 18.5 Å². The average Bonchev–Trinajstić information content (AvgIpc) is 2.83. The summed E-state index contributed by atoms with van der Waals surface area (Å²) in [5.41, 5.74) is 3.14. The molecule has 6 nitrogen and oxygen atoms in total. The van der Waals surface area contributed by atoms with Crippen molar-refractivity contribution in [1.29, 1.82) is 5.26 Å². The molecule has 0 aliphatic rings. The number of amides is 1. The Kier molecular flexibility index (Phi) is 7.77. The molecule has 0 spiro atoms. The van der Waals surface area contributed by atoms with Crippen LogP contribution < -0.4 is 10.1 Å². The molecule has 0 heterocycles. The molecule has 3 aromatic carbocycles. The first-order valence-corrected chi connectivity index (χ1v) is 9.93. The maximum absolute atomic E-state index is 12.4. The summed E-state index contributed by atoms with van der Waals surface area (Å²) in [5, 5.41) is 12.1. The third kappa shape index (κ3) is 6.31. The summed E-state index contributed by atoms with van der Waals surface area (Å²) in [6.45, 7) is -0.500. The second-order valence-electron chi connectivity index (χ2n) is 6.89. The molecule has 0 radical (unpaired) electrons. The van der Waals surface area contributed by atoms with Gasteiger partial charge in [-0.1, -0.05) is 60.7 Å². The Morgan fingerprint density at radius 1 is 0.969 bits per heavy atom. The summed E-state index contributed by atoms with van der Waals surface area (Å²) >= 11 is 0. The first kappa shape index (κ1) is 22.3. The van der Waals surface area contributed by atoms with Crippen molar-refractivity contribution in [2.45, 2.75) is 6.42 Å². The number of carbonyl (C=O) groups excluding carboxylic acids is 2. The molecule has 0 aliphatic heterocycles. The first-order valence-electron chi connectivity index (χ1n) is 9.93. The zero-order valence-electron chi connectivity index (χ0n) is 17.6. The van der Waals surface area contributed by atoms with Crippen LogP contribution in [-0.4, -0.2) is 25.6 Å². The fourth-order valence-electron chi connectivity index (χ4n) is 3.01. The minimum atomic E-state index is -0.865. The van der Waals surface area contributed by atoms with Crippen molar-refractivity contribution in [1.82, 2.24) is 0 Å². The van der Waals surface area contributed by atoms with Crippen LogP contribution in [0.3, 0.4) is 0 Å². The summed E-state index contributed by atoms with van der Waals surface area (Å²) in [6.07, 6.45) is 2.05. The molecular weight excluding hydrogens is 404 g/mol. The smallest absolute Gasteiger partial charge is 0.349 e. The molecular formula is C26H22N2O4. The minimum Gasteiger partial charge on any atom is -0.497 e. The van der Waals surface area contributed by atoms with Gasteiger partial charge < -0.3 is 14.8 Å². The Labute approximate surface area is 186 Å². The normalized spacial score (nSPS) is 10.7. The van der Waals surface area contributed by atoms with Gasteiger partial charge in [0, 0.05) is 5.69 Å². The maximum Gasteiger partial charge on any atom is 0.349 e. The van der Waals surface area contributed by atoms with Crippen molar-refractivity contribution in [3.05, 3.63) is 101 Å². The van der Waals surface area contributed by atoms with Crippen molar-refractivity contribution in [3.63, 3.8) is 0 Å². The van der Waals surface area contributed by atoms with Gasteiger partial charge >= 0.3 is 5.97 Å². The Morgan fingerprint density at radius 3 is 2.34 bits per heavy atom. The molecule has 3 aromatic rings. The summed E-state index contributed by atoms with van der Waals surface area (Å²) in [5.74, 6) is -0.691. The van der Waals surface area contributed by atoms with E-state index in [1.807, 2.05) is 54.6 Å². The van der Waals surface area contributed by atoms with Gasteiger partial charge in [-0.15, -0.1) is 0 Å². The van der Waals surface area contributed by atoms with Crippen LogP contribution in [0, 0.1) is 11.3 Å². The molecule has 0 saturated carbocycles. The van der Waals surface area contributed by atoms with Crippen LogP contribution in [0.1, 0.15) is 16.7 Å². The quantitative estimate of drug-likeness (QED) is 0.328. The number of hydrogen-bond acceptors (Lipinski definition) is 5. The van der Waals surface area contributed by atoms with Crippen molar-refractivity contribution in [2.24, 2.45) is 0 Å². The van der Waals surface area contributed by atoms with Crippen molar-refractivity contribution < 1.29 is 19.1 Å². The van der Waals surface area contributed by atoms with E-state index in [0.717, 1.165) is 11.1 Å². The van der Waals surface area contributed by atoms with E-state index in [4.69, 9.17) is 9.47 Å². The number of methoxy groups -OCH3 is 1. The minimum absolute atomic E-state index is 0.201. The van der Waals surface area contributed by atoms with Gasteiger partial charge in [0.15, 0.2) is 6.61 Å². The number of nitriles is 1. The number of esters is 1. The number of hydrogen-bond donors (Lipinski definition) is 1. The molecule has 160 valence electrons. The average molecular weight is 426 g/mol. The summed E-state index contributed by atoms with van der Waals surface area (Å²) in [6, 6.07) is 26.0. The van der Waals surface area contributed by atoms with Gasteiger partial charge in [-0.25, -0.2) is 4.79 Å². The molecule has 0 fully saturated rings. The zero-order chi connectivity index (χ0) is 22.8. The zero-order valence-corrected chi connectivity index (χ0v) is 17.6. The van der Waals surface area contributed by atoms with E-state index >= 15 is 0 Å². The molecule has 0 bridgehead atoms. The fraction of sp³-hybridized carbons (Fsp3) is 0.115. The lowest BCUT2D eigenvalue weighted by molar-refractivity contribution is -0.142. The second-order valence-corrected chi connectivity index (χ2v) is 6.89. The number of carbonyl (C=O) groups is 2. The fourth-order valence-corrected chi connectivity index (χ4v) is 3.01. The van der Waals surface area contributed by atoms with Gasteiger partial charge in [-0.05, 0) is 47.4 Å². The Bertz CT molecular complexity index is 1150. The number of nitrogens with one attached hydrogen (secondary N) is 1. The van der Waals surface area contributed by atoms with Crippen LogP contribution >= 0.6 is 0 Å². The van der Waals surface area contributed by atoms with E-state index in [1.54, 1.807) is 37.4 Å². The second kappa shape index (κ2) is 11.1. The predicted octanol–water partition coefficient (Wildman–Crippen LogP) is 4.37. The molecule has 0 atom stereocenters. The van der Waals surface area contributed by atoms with Crippen LogP contribution in [0.15, 0.2) is 84.4 Å². The maximum atomic E-state index is 12.4. The first-order chi connectivity index (χ1) is 15.6. The highest BCUT2D eigenvalue weighted by Crippen LogP contribution is 2.19. The SMILES string of the molecule is COc1ccc(/C=C(\C#N)C(=O)OCC(=O)Nc2ccccc2Cc2ccccc2)cc1. The topological polar surface area (TPSA) is 88.4 Å². The number of nitrogens with zero attached hydrogens (tertiary/aromatic N) is 1. The molecule has 1 amide bonds. The van der Waals surface area contributed by atoms with Gasteiger partial charge in [0.2, 0.25) is 0 Å². The van der Waals surface area contributed by atoms with Crippen LogP contribution in [0.2, 0.25) is 0 Å². The summed E-state index contributed by atoms with van der Waals surface area (Å²) in [4.78, 5) is 24.6. The Hall–Kier alpha value is -4.37. The number of ether oxygens (including phenoxy) is 2. The van der Waals surface area contributed by atoms with Crippen molar-refractivity contribution in [2.75, 3.05) is 19.0 Å². The van der Waals surface area contributed by atoms with E-state index in [1.165, 1.54) is 6.08 Å². The van der Waals surface area contributed by atoms with Crippen LogP contribution in [0.5, 0.6) is 5.75 Å². The van der Waals surface area contributed by atoms with Crippen LogP contribution in [0.25, 0.3) is 6.08 Å². The lowest BCUT2D eigenvalue weighted by Crippen LogP contribution is -2.22. The van der Waals surface area contributed by atoms with E-state index in [-0.39, 0.29) is 5.57 Å². The lowest BCUT2D eigenvalue weighted by atomic mass is 10.0. The molecule has 32 heavy (non-hydrogen) atoms. The van der Waals surface area contributed by atoms with Gasteiger partial charge in [-0.3, -0.25) is 4.79 Å². The lowest BCUT2D eigenvalue weighted by Gasteiger charge is -2.11. The van der Waals surface area contributed by atoms with E-state index in [9.17, 15) is 14.9 Å². The number of benzene rings is 3. The van der Waals surface area contributed by atoms with Crippen LogP contribution in [0.4, 0.5) is 5.69 Å². The molecule has 1 N–H and O–H groups in total. The van der Waals surface area contributed by atoms with Gasteiger partial charge in [-0.2, -0.15) is 5.26 Å². The van der Waals surface area contributed by atoms with Crippen molar-refractivity contribution in [3.8, 4) is 11.8 Å². The van der Waals surface area contributed by atoms with E-state index in [0.29, 0.717) is 23.4 Å². The monoisotopic (exact) mass is 426 g/mol. The summed E-state index contributed by atoms with van der Waals surface area (Å²) < 4.78 is 10.1. The highest BCUT2D eigenvalue weighted by Gasteiger charge is 2.14. The molecule has 0 saturated heterocycles. The van der Waals surface area contributed by atoms with E-state index in [2.05, 4.69) is 5.32 Å². The molecule has 3 rings (SSSR count). The number of rotatable bonds is 8. The van der Waals surface area contributed by atoms with Gasteiger partial charge in [0.05, 0.1) is 7.11 Å². The number of anilines is 1. The Balaban J connectivity index is 1.60. The largest absolute Gasteiger partial charge is 0.497 e. The van der Waals surface area contributed by atoms with Gasteiger partial charge in [0.25, 0.3) is 5.91 Å². The Morgan fingerprint density at radius 2 is 1.66 bits per heavy atom. The molecule has 0 unspecified atom stereocenters. The summed E-state index contributed by atoms with van der Waals surface area (Å²) in [7, 11) is 1.55. The van der Waals surface area contributed by atoms with Crippen LogP contribution in [-0.2, 0) is 20.7 Å². The highest BCUT2D eigenvalue weighted by atomic mass is 16.5. The molecule has 0 aliphatic carbocycles. The molecule has 0 aromatic heterocycles. The third-order valence-corrected chi connectivity index (χ3v) is 4.63. The van der Waals surface area contributed by atoms with Crippen molar-refractivity contribution >= 4 is 23.6 Å². The van der Waals surface area contributed by atoms with Gasteiger partial charge in [0.1, 0.15) is 17.4 Å². The predicted molar refractivity (Wildman–Crippen MR) is 122 cm³/mol. The third-order valence-electron chi connectivity index (χ3n) is 4.63.